The Labute approximate surface area is 170 Å². The molecule has 6 heteroatoms. The zero-order valence-electron chi connectivity index (χ0n) is 17.8. The molecule has 6 nitrogen and oxygen atoms in total. The third-order valence-corrected chi connectivity index (χ3v) is 5.10. The molecule has 0 unspecified atom stereocenters. The van der Waals surface area contributed by atoms with E-state index in [4.69, 9.17) is 4.74 Å². The standard InChI is InChI=1S/C23H27NO5/c1-12-7-8-18(11-13(12)2)19(26)9-10-20(27)29-17(6)23(28)22-14(3)21(16(5)25)15(4)24-22/h7-8,11,17,24H,9-10H2,1-6H3/t17-/m1/s1. The summed E-state index contributed by atoms with van der Waals surface area (Å²) in [6.45, 7) is 10.2. The van der Waals surface area contributed by atoms with Crippen molar-refractivity contribution in [1.82, 2.24) is 4.98 Å². The summed E-state index contributed by atoms with van der Waals surface area (Å²) in [5, 5.41) is 0. The number of carbonyl (C=O) groups is 4. The molecule has 1 aromatic heterocycles. The van der Waals surface area contributed by atoms with E-state index in [9.17, 15) is 19.2 Å². The summed E-state index contributed by atoms with van der Waals surface area (Å²) in [5.41, 5.74) is 4.56. The van der Waals surface area contributed by atoms with E-state index in [0.29, 0.717) is 22.4 Å². The Morgan fingerprint density at radius 3 is 2.21 bits per heavy atom. The molecule has 1 aromatic carbocycles. The number of aryl methyl sites for hydroxylation is 3. The SMILES string of the molecule is CC(=O)c1c(C)[nH]c(C(=O)[C@@H](C)OC(=O)CCC(=O)c2ccc(C)c(C)c2)c1C. The van der Waals surface area contributed by atoms with Gasteiger partial charge in [0, 0.05) is 23.2 Å². The molecular formula is C23H27NO5. The lowest BCUT2D eigenvalue weighted by molar-refractivity contribution is -0.146. The molecule has 2 aromatic rings. The van der Waals surface area contributed by atoms with Gasteiger partial charge in [-0.25, -0.2) is 0 Å². The number of H-pyrrole nitrogens is 1. The summed E-state index contributed by atoms with van der Waals surface area (Å²) in [6.07, 6.45) is -1.11. The van der Waals surface area contributed by atoms with Crippen molar-refractivity contribution in [1.29, 1.82) is 0 Å². The average Bonchev–Trinajstić information content (AvgIpc) is 2.95. The predicted octanol–water partition coefficient (Wildman–Crippen LogP) is 4.23. The Morgan fingerprint density at radius 2 is 1.66 bits per heavy atom. The Balaban J connectivity index is 1.97. The van der Waals surface area contributed by atoms with E-state index in [1.165, 1.54) is 13.8 Å². The second-order valence-electron chi connectivity index (χ2n) is 7.40. The minimum absolute atomic E-state index is 0.0113. The highest BCUT2D eigenvalue weighted by Gasteiger charge is 2.26. The number of hydrogen-bond donors (Lipinski definition) is 1. The van der Waals surface area contributed by atoms with Crippen molar-refractivity contribution < 1.29 is 23.9 Å². The summed E-state index contributed by atoms with van der Waals surface area (Å²) >= 11 is 0. The lowest BCUT2D eigenvalue weighted by atomic mass is 10.0. The highest BCUT2D eigenvalue weighted by atomic mass is 16.5. The number of aromatic amines is 1. The van der Waals surface area contributed by atoms with Crippen LogP contribution in [-0.4, -0.2) is 34.4 Å². The van der Waals surface area contributed by atoms with Gasteiger partial charge in [-0.15, -0.1) is 0 Å². The molecule has 0 saturated carbocycles. The fourth-order valence-corrected chi connectivity index (χ4v) is 3.31. The van der Waals surface area contributed by atoms with Crippen molar-refractivity contribution in [2.75, 3.05) is 0 Å². The van der Waals surface area contributed by atoms with Crippen LogP contribution in [0.1, 0.15) is 80.3 Å². The van der Waals surface area contributed by atoms with Gasteiger partial charge in [0.1, 0.15) is 0 Å². The van der Waals surface area contributed by atoms with Crippen molar-refractivity contribution in [3.05, 3.63) is 57.4 Å². The highest BCUT2D eigenvalue weighted by molar-refractivity contribution is 6.05. The van der Waals surface area contributed by atoms with Gasteiger partial charge in [-0.3, -0.25) is 19.2 Å². The topological polar surface area (TPSA) is 93.3 Å². The third kappa shape index (κ3) is 5.08. The average molecular weight is 397 g/mol. The summed E-state index contributed by atoms with van der Waals surface area (Å²) in [6, 6.07) is 5.42. The first-order valence-corrected chi connectivity index (χ1v) is 9.57. The van der Waals surface area contributed by atoms with Crippen LogP contribution in [0, 0.1) is 27.7 Å². The lowest BCUT2D eigenvalue weighted by Gasteiger charge is -2.12. The van der Waals surface area contributed by atoms with Crippen LogP contribution in [0.4, 0.5) is 0 Å². The second kappa shape index (κ2) is 8.99. The van der Waals surface area contributed by atoms with Crippen molar-refractivity contribution in [3.8, 4) is 0 Å². The van der Waals surface area contributed by atoms with E-state index in [-0.39, 0.29) is 30.1 Å². The van der Waals surface area contributed by atoms with E-state index in [2.05, 4.69) is 4.98 Å². The number of rotatable bonds is 8. The van der Waals surface area contributed by atoms with Gasteiger partial charge in [0.05, 0.1) is 12.1 Å². The Morgan fingerprint density at radius 1 is 1.00 bits per heavy atom. The zero-order valence-corrected chi connectivity index (χ0v) is 17.8. The molecule has 2 rings (SSSR count). The van der Waals surface area contributed by atoms with Gasteiger partial charge in [-0.05, 0) is 64.3 Å². The van der Waals surface area contributed by atoms with Gasteiger partial charge >= 0.3 is 5.97 Å². The Bertz CT molecular complexity index is 983. The van der Waals surface area contributed by atoms with Crippen LogP contribution < -0.4 is 0 Å². The van der Waals surface area contributed by atoms with Crippen molar-refractivity contribution in [2.24, 2.45) is 0 Å². The number of carbonyl (C=O) groups excluding carboxylic acids is 4. The first kappa shape index (κ1) is 22.3. The Hall–Kier alpha value is -3.02. The number of ether oxygens (including phenoxy) is 1. The minimum Gasteiger partial charge on any atom is -0.454 e. The van der Waals surface area contributed by atoms with Gasteiger partial charge in [0.15, 0.2) is 17.7 Å². The number of ketones is 3. The van der Waals surface area contributed by atoms with Crippen LogP contribution in [0.25, 0.3) is 0 Å². The van der Waals surface area contributed by atoms with Crippen LogP contribution in [0.2, 0.25) is 0 Å². The minimum atomic E-state index is -1.02. The van der Waals surface area contributed by atoms with Crippen LogP contribution in [0.15, 0.2) is 18.2 Å². The van der Waals surface area contributed by atoms with Gasteiger partial charge in [-0.2, -0.15) is 0 Å². The number of nitrogens with one attached hydrogen (secondary N) is 1. The zero-order chi connectivity index (χ0) is 21.9. The third-order valence-electron chi connectivity index (χ3n) is 5.10. The maximum absolute atomic E-state index is 12.6. The molecule has 0 aliphatic carbocycles. The number of aromatic nitrogens is 1. The van der Waals surface area contributed by atoms with E-state index in [1.807, 2.05) is 19.9 Å². The number of esters is 1. The molecule has 0 spiro atoms. The molecule has 1 heterocycles. The normalized spacial score (nSPS) is 11.8. The molecule has 0 saturated heterocycles. The second-order valence-corrected chi connectivity index (χ2v) is 7.40. The molecule has 29 heavy (non-hydrogen) atoms. The summed E-state index contributed by atoms with van der Waals surface area (Å²) in [4.78, 5) is 51.7. The monoisotopic (exact) mass is 397 g/mol. The molecule has 0 aliphatic heterocycles. The first-order chi connectivity index (χ1) is 13.5. The largest absolute Gasteiger partial charge is 0.454 e. The van der Waals surface area contributed by atoms with Gasteiger partial charge < -0.3 is 9.72 Å². The van der Waals surface area contributed by atoms with Gasteiger partial charge in [-0.1, -0.05) is 12.1 Å². The summed E-state index contributed by atoms with van der Waals surface area (Å²) in [5.74, 6) is -1.31. The van der Waals surface area contributed by atoms with Crippen molar-refractivity contribution >= 4 is 23.3 Å². The number of Topliss-reactive ketones (excluding diaryl/α,β-unsaturated/α-hetero) is 3. The number of benzene rings is 1. The molecule has 0 fully saturated rings. The fraction of sp³-hybridized carbons (Fsp3) is 0.391. The maximum atomic E-state index is 12.6. The molecule has 0 amide bonds. The quantitative estimate of drug-likeness (QED) is 0.531. The molecule has 1 atom stereocenters. The maximum Gasteiger partial charge on any atom is 0.306 e. The predicted molar refractivity (Wildman–Crippen MR) is 110 cm³/mol. The van der Waals surface area contributed by atoms with E-state index in [0.717, 1.165) is 11.1 Å². The first-order valence-electron chi connectivity index (χ1n) is 9.57. The van der Waals surface area contributed by atoms with E-state index < -0.39 is 17.9 Å². The molecule has 0 radical (unpaired) electrons. The van der Waals surface area contributed by atoms with Crippen molar-refractivity contribution in [2.45, 2.75) is 60.5 Å². The van der Waals surface area contributed by atoms with E-state index in [1.54, 1.807) is 26.0 Å². The Kier molecular flexibility index (Phi) is 6.90. The summed E-state index contributed by atoms with van der Waals surface area (Å²) < 4.78 is 5.21. The van der Waals surface area contributed by atoms with Gasteiger partial charge in [0.25, 0.3) is 0 Å². The summed E-state index contributed by atoms with van der Waals surface area (Å²) in [7, 11) is 0. The smallest absolute Gasteiger partial charge is 0.306 e. The fourth-order valence-electron chi connectivity index (χ4n) is 3.31. The highest BCUT2D eigenvalue weighted by Crippen LogP contribution is 2.21. The molecule has 154 valence electrons. The van der Waals surface area contributed by atoms with E-state index >= 15 is 0 Å². The molecular weight excluding hydrogens is 370 g/mol. The van der Waals surface area contributed by atoms with Crippen LogP contribution in [0.3, 0.4) is 0 Å². The lowest BCUT2D eigenvalue weighted by Crippen LogP contribution is -2.25. The molecule has 0 bridgehead atoms. The molecule has 1 N–H and O–H groups in total. The van der Waals surface area contributed by atoms with Crippen LogP contribution >= 0.6 is 0 Å². The van der Waals surface area contributed by atoms with Crippen LogP contribution in [-0.2, 0) is 9.53 Å². The van der Waals surface area contributed by atoms with Crippen LogP contribution in [0.5, 0.6) is 0 Å². The van der Waals surface area contributed by atoms with Gasteiger partial charge in [0.2, 0.25) is 5.78 Å². The number of hydrogen-bond acceptors (Lipinski definition) is 5. The van der Waals surface area contributed by atoms with Crippen molar-refractivity contribution in [3.63, 3.8) is 0 Å². The molecule has 0 aliphatic rings.